The van der Waals surface area contributed by atoms with E-state index in [1.165, 1.54) is 12.1 Å². The van der Waals surface area contributed by atoms with Crippen molar-refractivity contribution in [2.45, 2.75) is 25.8 Å². The van der Waals surface area contributed by atoms with E-state index in [0.717, 1.165) is 49.4 Å². The molecule has 4 rings (SSSR count). The first kappa shape index (κ1) is 21.6. The minimum atomic E-state index is -0.561. The number of likely N-dealkylation sites (tertiary alicyclic amines) is 1. The zero-order chi connectivity index (χ0) is 22.5. The number of amides is 1. The van der Waals surface area contributed by atoms with Crippen molar-refractivity contribution >= 4 is 11.6 Å². The van der Waals surface area contributed by atoms with Crippen LogP contribution in [0.5, 0.6) is 5.75 Å². The summed E-state index contributed by atoms with van der Waals surface area (Å²) in [5.74, 6) is 0.251. The van der Waals surface area contributed by atoms with Crippen molar-refractivity contribution in [1.29, 1.82) is 5.26 Å². The molecule has 2 heterocycles. The van der Waals surface area contributed by atoms with Gasteiger partial charge in [0.05, 0.1) is 12.7 Å². The van der Waals surface area contributed by atoms with Crippen LogP contribution in [0.3, 0.4) is 0 Å². The average Bonchev–Trinajstić information content (AvgIpc) is 2.85. The molecule has 1 fully saturated rings. The van der Waals surface area contributed by atoms with E-state index in [-0.39, 0.29) is 11.5 Å². The summed E-state index contributed by atoms with van der Waals surface area (Å²) in [6.45, 7) is 2.69. The summed E-state index contributed by atoms with van der Waals surface area (Å²) in [5, 5.41) is 9.08. The van der Waals surface area contributed by atoms with Crippen LogP contribution in [0.2, 0.25) is 0 Å². The van der Waals surface area contributed by atoms with Crippen molar-refractivity contribution in [2.24, 2.45) is 0 Å². The number of methoxy groups -OCH3 is 1. The SMILES string of the molecule is COc1ccc(CN2CC=C(C(=O)N3CCCCC3)C=C2c2ccc(C#N)c(F)c2)cc1. The van der Waals surface area contributed by atoms with Crippen LogP contribution in [0.15, 0.2) is 60.2 Å². The molecule has 0 radical (unpaired) electrons. The van der Waals surface area contributed by atoms with Gasteiger partial charge in [0.15, 0.2) is 0 Å². The van der Waals surface area contributed by atoms with Crippen LogP contribution < -0.4 is 4.74 Å². The summed E-state index contributed by atoms with van der Waals surface area (Å²) in [5.41, 5.74) is 3.13. The highest BCUT2D eigenvalue weighted by molar-refractivity contribution is 5.98. The van der Waals surface area contributed by atoms with Crippen molar-refractivity contribution < 1.29 is 13.9 Å². The van der Waals surface area contributed by atoms with E-state index in [4.69, 9.17) is 10.00 Å². The molecule has 0 unspecified atom stereocenters. The lowest BCUT2D eigenvalue weighted by atomic mass is 10.00. The number of halogens is 1. The van der Waals surface area contributed by atoms with Crippen molar-refractivity contribution in [1.82, 2.24) is 9.80 Å². The Balaban J connectivity index is 1.65. The van der Waals surface area contributed by atoms with Gasteiger partial charge in [-0.05, 0) is 55.2 Å². The minimum absolute atomic E-state index is 0.00650. The van der Waals surface area contributed by atoms with Crippen LogP contribution in [0.1, 0.15) is 36.0 Å². The summed E-state index contributed by atoms with van der Waals surface area (Å²) >= 11 is 0. The maximum absolute atomic E-state index is 14.4. The highest BCUT2D eigenvalue weighted by Gasteiger charge is 2.24. The Bertz CT molecular complexity index is 1090. The number of hydrogen-bond donors (Lipinski definition) is 0. The summed E-state index contributed by atoms with van der Waals surface area (Å²) in [7, 11) is 1.63. The molecule has 0 aliphatic carbocycles. The lowest BCUT2D eigenvalue weighted by Gasteiger charge is -2.32. The van der Waals surface area contributed by atoms with Crippen molar-refractivity contribution in [2.75, 3.05) is 26.7 Å². The standard InChI is InChI=1S/C26H26FN3O2/c1-32-23-9-5-19(6-10-23)18-30-14-11-21(26(31)29-12-3-2-4-13-29)16-25(30)20-7-8-22(17-28)24(27)15-20/h5-11,15-16H,2-4,12-14,18H2,1H3. The number of nitrogens with zero attached hydrogens (tertiary/aromatic N) is 3. The van der Waals surface area contributed by atoms with Crippen LogP contribution in [-0.4, -0.2) is 42.5 Å². The van der Waals surface area contributed by atoms with E-state index in [9.17, 15) is 9.18 Å². The van der Waals surface area contributed by atoms with Crippen LogP contribution in [0.4, 0.5) is 4.39 Å². The molecule has 2 aromatic rings. The summed E-state index contributed by atoms with van der Waals surface area (Å²) in [6.07, 6.45) is 7.01. The Morgan fingerprint density at radius 2 is 1.88 bits per heavy atom. The van der Waals surface area contributed by atoms with Gasteiger partial charge in [-0.15, -0.1) is 0 Å². The number of hydrogen-bond acceptors (Lipinski definition) is 4. The molecule has 1 saturated heterocycles. The first-order chi connectivity index (χ1) is 15.6. The third-order valence-corrected chi connectivity index (χ3v) is 5.97. The molecule has 0 spiro atoms. The van der Waals surface area contributed by atoms with Crippen molar-refractivity contribution in [3.8, 4) is 11.8 Å². The topological polar surface area (TPSA) is 56.6 Å². The summed E-state index contributed by atoms with van der Waals surface area (Å²) in [4.78, 5) is 17.1. The van der Waals surface area contributed by atoms with Gasteiger partial charge >= 0.3 is 0 Å². The van der Waals surface area contributed by atoms with Crippen LogP contribution in [0, 0.1) is 17.1 Å². The second-order valence-electron chi connectivity index (χ2n) is 8.08. The van der Waals surface area contributed by atoms with Gasteiger partial charge < -0.3 is 14.5 Å². The fourth-order valence-corrected chi connectivity index (χ4v) is 4.17. The van der Waals surface area contributed by atoms with Gasteiger partial charge in [-0.3, -0.25) is 4.79 Å². The monoisotopic (exact) mass is 431 g/mol. The first-order valence-electron chi connectivity index (χ1n) is 10.9. The molecule has 0 aromatic heterocycles. The molecular weight excluding hydrogens is 405 g/mol. The molecule has 0 bridgehead atoms. The second-order valence-corrected chi connectivity index (χ2v) is 8.08. The predicted molar refractivity (Wildman–Crippen MR) is 121 cm³/mol. The van der Waals surface area contributed by atoms with E-state index in [1.54, 1.807) is 13.2 Å². The van der Waals surface area contributed by atoms with E-state index < -0.39 is 5.82 Å². The summed E-state index contributed by atoms with van der Waals surface area (Å²) < 4.78 is 19.7. The van der Waals surface area contributed by atoms with Crippen LogP contribution in [-0.2, 0) is 11.3 Å². The quantitative estimate of drug-likeness (QED) is 0.699. The Kier molecular flexibility index (Phi) is 6.55. The van der Waals surface area contributed by atoms with E-state index in [2.05, 4.69) is 4.90 Å². The molecule has 32 heavy (non-hydrogen) atoms. The molecule has 1 amide bonds. The maximum atomic E-state index is 14.4. The Hall–Kier alpha value is -3.59. The van der Waals surface area contributed by atoms with Crippen LogP contribution >= 0.6 is 0 Å². The third kappa shape index (κ3) is 4.67. The van der Waals surface area contributed by atoms with Gasteiger partial charge in [0.1, 0.15) is 17.6 Å². The number of benzene rings is 2. The molecule has 2 aromatic carbocycles. The van der Waals surface area contributed by atoms with Gasteiger partial charge in [-0.25, -0.2) is 4.39 Å². The molecule has 0 atom stereocenters. The van der Waals surface area contributed by atoms with Gasteiger partial charge in [0, 0.05) is 43.0 Å². The van der Waals surface area contributed by atoms with Crippen LogP contribution in [0.25, 0.3) is 5.70 Å². The summed E-state index contributed by atoms with van der Waals surface area (Å²) in [6, 6.07) is 14.3. The largest absolute Gasteiger partial charge is 0.497 e. The maximum Gasteiger partial charge on any atom is 0.253 e. The van der Waals surface area contributed by atoms with Gasteiger partial charge in [-0.2, -0.15) is 5.26 Å². The normalized spacial score (nSPS) is 16.2. The average molecular weight is 432 g/mol. The Labute approximate surface area is 188 Å². The second kappa shape index (κ2) is 9.69. The Morgan fingerprint density at radius 3 is 2.53 bits per heavy atom. The van der Waals surface area contributed by atoms with Crippen molar-refractivity contribution in [3.63, 3.8) is 0 Å². The third-order valence-electron chi connectivity index (χ3n) is 5.97. The molecule has 6 heteroatoms. The molecule has 164 valence electrons. The van der Waals surface area contributed by atoms with E-state index in [1.807, 2.05) is 47.4 Å². The van der Waals surface area contributed by atoms with E-state index in [0.29, 0.717) is 24.2 Å². The fraction of sp³-hybridized carbons (Fsp3) is 0.308. The zero-order valence-electron chi connectivity index (χ0n) is 18.2. The number of carbonyl (C=O) groups is 1. The van der Waals surface area contributed by atoms with E-state index >= 15 is 0 Å². The lowest BCUT2D eigenvalue weighted by molar-refractivity contribution is -0.127. The fourth-order valence-electron chi connectivity index (χ4n) is 4.17. The highest BCUT2D eigenvalue weighted by Crippen LogP contribution is 2.29. The number of carbonyl (C=O) groups excluding carboxylic acids is 1. The molecule has 2 aliphatic rings. The minimum Gasteiger partial charge on any atom is -0.497 e. The Morgan fingerprint density at radius 1 is 1.12 bits per heavy atom. The first-order valence-corrected chi connectivity index (χ1v) is 10.9. The number of ether oxygens (including phenoxy) is 1. The van der Waals surface area contributed by atoms with Gasteiger partial charge in [0.25, 0.3) is 5.91 Å². The highest BCUT2D eigenvalue weighted by atomic mass is 19.1. The molecule has 0 N–H and O–H groups in total. The number of rotatable bonds is 5. The molecule has 0 saturated carbocycles. The number of piperidine rings is 1. The lowest BCUT2D eigenvalue weighted by Crippen LogP contribution is -2.37. The van der Waals surface area contributed by atoms with Gasteiger partial charge in [0.2, 0.25) is 0 Å². The molecule has 5 nitrogen and oxygen atoms in total. The smallest absolute Gasteiger partial charge is 0.253 e. The molecule has 2 aliphatic heterocycles. The van der Waals surface area contributed by atoms with Crippen molar-refractivity contribution in [3.05, 3.63) is 82.7 Å². The number of nitriles is 1. The zero-order valence-corrected chi connectivity index (χ0v) is 18.2. The predicted octanol–water partition coefficient (Wildman–Crippen LogP) is 4.50. The molecular formula is C26H26FN3O2. The van der Waals surface area contributed by atoms with Gasteiger partial charge in [-0.1, -0.05) is 24.3 Å².